The number of thiazole rings is 1. The van der Waals surface area contributed by atoms with Gasteiger partial charge in [0.25, 0.3) is 0 Å². The Hall–Kier alpha value is -4.05. The molecule has 9 heteroatoms. The third-order valence-electron chi connectivity index (χ3n) is 7.65. The molecule has 1 saturated heterocycles. The van der Waals surface area contributed by atoms with Crippen LogP contribution in [0.4, 0.5) is 10.5 Å². The van der Waals surface area contributed by atoms with E-state index in [2.05, 4.69) is 15.7 Å². The Kier molecular flexibility index (Phi) is 9.63. The van der Waals surface area contributed by atoms with Crippen molar-refractivity contribution in [2.75, 3.05) is 25.2 Å². The average Bonchev–Trinajstić information content (AvgIpc) is 3.47. The molecule has 4 aromatic rings. The number of rotatable bonds is 10. The molecule has 3 aromatic carbocycles. The second-order valence-corrected chi connectivity index (χ2v) is 11.4. The fraction of sp³-hybridized carbons (Fsp3) is 0.303. The first-order valence-corrected chi connectivity index (χ1v) is 15.0. The Morgan fingerprint density at radius 2 is 1.69 bits per heavy atom. The Morgan fingerprint density at radius 1 is 1.05 bits per heavy atom. The van der Waals surface area contributed by atoms with Gasteiger partial charge in [0, 0.05) is 17.8 Å². The zero-order valence-electron chi connectivity index (χ0n) is 23.8. The van der Waals surface area contributed by atoms with E-state index in [1.165, 1.54) is 12.0 Å². The number of aryl methyl sites for hydroxylation is 2. The lowest BCUT2D eigenvalue weighted by atomic mass is 9.83. The van der Waals surface area contributed by atoms with E-state index in [9.17, 15) is 9.59 Å². The minimum atomic E-state index is -1.04. The van der Waals surface area contributed by atoms with Gasteiger partial charge < -0.3 is 20.5 Å². The van der Waals surface area contributed by atoms with Crippen molar-refractivity contribution in [3.05, 3.63) is 118 Å². The number of carbonyl (C=O) groups is 2. The molecular formula is C33H36N4O4S. The number of hydrogen-bond acceptors (Lipinski definition) is 7. The van der Waals surface area contributed by atoms with Crippen molar-refractivity contribution in [3.8, 4) is 0 Å². The number of aromatic nitrogens is 1. The molecular weight excluding hydrogens is 548 g/mol. The standard InChI is InChI=1S/C33H36N4O4S/c1-22-36-28(21-42-22)27-20-41-26(19-35-27)18-17-23-11-9-10-16-29(23)37(33(39)40-2)31(32(34)38)30(24-12-5-3-6-13-24)25-14-7-4-8-15-25/h3-16,21,26-27,30-31,35H,17-20H2,1-2H3,(H2,34,38)/t26-,27+,31+/m1/s1. The molecule has 8 nitrogen and oxygen atoms in total. The summed E-state index contributed by atoms with van der Waals surface area (Å²) in [5, 5.41) is 6.67. The molecule has 218 valence electrons. The smallest absolute Gasteiger partial charge is 0.414 e. The van der Waals surface area contributed by atoms with Gasteiger partial charge in [0.15, 0.2) is 0 Å². The fourth-order valence-electron chi connectivity index (χ4n) is 5.59. The largest absolute Gasteiger partial charge is 0.452 e. The first-order chi connectivity index (χ1) is 20.5. The molecule has 5 rings (SSSR count). The van der Waals surface area contributed by atoms with Gasteiger partial charge in [-0.2, -0.15) is 0 Å². The van der Waals surface area contributed by atoms with Gasteiger partial charge in [0.05, 0.1) is 42.3 Å². The van der Waals surface area contributed by atoms with Gasteiger partial charge in [-0.3, -0.25) is 9.69 Å². The maximum Gasteiger partial charge on any atom is 0.414 e. The number of nitrogens with zero attached hydrogens (tertiary/aromatic N) is 2. The molecule has 1 aliphatic heterocycles. The number of methoxy groups -OCH3 is 1. The second-order valence-electron chi connectivity index (χ2n) is 10.4. The molecule has 42 heavy (non-hydrogen) atoms. The highest BCUT2D eigenvalue weighted by atomic mass is 32.1. The minimum absolute atomic E-state index is 0.00561. The summed E-state index contributed by atoms with van der Waals surface area (Å²) >= 11 is 1.64. The van der Waals surface area contributed by atoms with Crippen molar-refractivity contribution in [1.29, 1.82) is 0 Å². The van der Waals surface area contributed by atoms with Crippen LogP contribution in [0.5, 0.6) is 0 Å². The predicted molar refractivity (Wildman–Crippen MR) is 165 cm³/mol. The molecule has 1 aromatic heterocycles. The zero-order chi connectivity index (χ0) is 29.5. The van der Waals surface area contributed by atoms with Crippen LogP contribution in [0.2, 0.25) is 0 Å². The normalized spacial score (nSPS) is 17.5. The number of primary amides is 1. The Morgan fingerprint density at radius 3 is 2.24 bits per heavy atom. The molecule has 3 N–H and O–H groups in total. The van der Waals surface area contributed by atoms with Gasteiger partial charge in [-0.15, -0.1) is 11.3 Å². The van der Waals surface area contributed by atoms with Gasteiger partial charge in [0.1, 0.15) is 6.04 Å². The molecule has 0 radical (unpaired) electrons. The molecule has 0 saturated carbocycles. The number of amides is 2. The van der Waals surface area contributed by atoms with Crippen LogP contribution >= 0.6 is 11.3 Å². The van der Waals surface area contributed by atoms with E-state index in [0.29, 0.717) is 25.3 Å². The first-order valence-electron chi connectivity index (χ1n) is 14.1. The third kappa shape index (κ3) is 6.70. The Bertz CT molecular complexity index is 1430. The number of anilines is 1. The minimum Gasteiger partial charge on any atom is -0.452 e. The molecule has 3 atom stereocenters. The molecule has 2 amide bonds. The van der Waals surface area contributed by atoms with E-state index in [-0.39, 0.29) is 12.1 Å². The van der Waals surface area contributed by atoms with Crippen molar-refractivity contribution in [3.63, 3.8) is 0 Å². The first kappa shape index (κ1) is 29.4. The summed E-state index contributed by atoms with van der Waals surface area (Å²) in [5.41, 5.74) is 10.4. The molecule has 1 aliphatic rings. The Labute approximate surface area is 250 Å². The fourth-order valence-corrected chi connectivity index (χ4v) is 6.26. The summed E-state index contributed by atoms with van der Waals surface area (Å²) < 4.78 is 11.5. The maximum absolute atomic E-state index is 13.5. The predicted octanol–water partition coefficient (Wildman–Crippen LogP) is 5.37. The summed E-state index contributed by atoms with van der Waals surface area (Å²) in [6.07, 6.45) is 0.696. The highest BCUT2D eigenvalue weighted by Crippen LogP contribution is 2.36. The highest BCUT2D eigenvalue weighted by Gasteiger charge is 2.39. The lowest BCUT2D eigenvalue weighted by Gasteiger charge is -2.36. The topological polar surface area (TPSA) is 107 Å². The van der Waals surface area contributed by atoms with Crippen LogP contribution < -0.4 is 16.0 Å². The van der Waals surface area contributed by atoms with Crippen LogP contribution in [0.25, 0.3) is 0 Å². The number of para-hydroxylation sites is 1. The number of morpholine rings is 1. The summed E-state index contributed by atoms with van der Waals surface area (Å²) in [4.78, 5) is 32.8. The van der Waals surface area contributed by atoms with Crippen LogP contribution in [0, 0.1) is 6.92 Å². The lowest BCUT2D eigenvalue weighted by molar-refractivity contribution is -0.119. The summed E-state index contributed by atoms with van der Waals surface area (Å²) in [5.74, 6) is -1.15. The number of carbonyl (C=O) groups excluding carboxylic acids is 2. The van der Waals surface area contributed by atoms with Crippen LogP contribution in [-0.4, -0.2) is 49.4 Å². The van der Waals surface area contributed by atoms with Crippen molar-refractivity contribution < 1.29 is 19.1 Å². The van der Waals surface area contributed by atoms with E-state index in [4.69, 9.17) is 15.2 Å². The van der Waals surface area contributed by atoms with Crippen molar-refractivity contribution in [1.82, 2.24) is 10.3 Å². The number of nitrogens with two attached hydrogens (primary N) is 1. The maximum atomic E-state index is 13.5. The SMILES string of the molecule is COC(=O)N(c1ccccc1CC[C@@H]1CN[C@H](c2csc(C)n2)CO1)[C@H](C(N)=O)C(c1ccccc1)c1ccccc1. The molecule has 1 fully saturated rings. The third-order valence-corrected chi connectivity index (χ3v) is 8.44. The van der Waals surface area contributed by atoms with E-state index in [1.54, 1.807) is 11.3 Å². The van der Waals surface area contributed by atoms with Gasteiger partial charge in [0.2, 0.25) is 5.91 Å². The molecule has 0 spiro atoms. The second kappa shape index (κ2) is 13.7. The van der Waals surface area contributed by atoms with E-state index in [0.717, 1.165) is 33.8 Å². The molecule has 2 heterocycles. The zero-order valence-corrected chi connectivity index (χ0v) is 24.6. The summed E-state index contributed by atoms with van der Waals surface area (Å²) in [6, 6.07) is 25.9. The van der Waals surface area contributed by atoms with E-state index in [1.807, 2.05) is 91.9 Å². The summed E-state index contributed by atoms with van der Waals surface area (Å²) in [6.45, 7) is 3.24. The summed E-state index contributed by atoms with van der Waals surface area (Å²) in [7, 11) is 1.32. The average molecular weight is 585 g/mol. The van der Waals surface area contributed by atoms with Crippen molar-refractivity contribution >= 4 is 29.0 Å². The van der Waals surface area contributed by atoms with E-state index < -0.39 is 24.0 Å². The number of hydrogen-bond donors (Lipinski definition) is 2. The van der Waals surface area contributed by atoms with Crippen LogP contribution in [0.3, 0.4) is 0 Å². The van der Waals surface area contributed by atoms with Gasteiger partial charge in [-0.25, -0.2) is 9.78 Å². The van der Waals surface area contributed by atoms with Gasteiger partial charge in [-0.05, 0) is 42.5 Å². The van der Waals surface area contributed by atoms with Gasteiger partial charge in [-0.1, -0.05) is 78.9 Å². The molecule has 0 unspecified atom stereocenters. The van der Waals surface area contributed by atoms with Crippen molar-refractivity contribution in [2.24, 2.45) is 5.73 Å². The molecule has 0 bridgehead atoms. The quantitative estimate of drug-likeness (QED) is 0.260. The number of nitrogens with one attached hydrogen (secondary N) is 1. The van der Waals surface area contributed by atoms with Gasteiger partial charge >= 0.3 is 6.09 Å². The number of benzene rings is 3. The Balaban J connectivity index is 1.43. The molecule has 0 aliphatic carbocycles. The highest BCUT2D eigenvalue weighted by molar-refractivity contribution is 7.09. The van der Waals surface area contributed by atoms with Crippen LogP contribution in [0.1, 0.15) is 45.8 Å². The van der Waals surface area contributed by atoms with Crippen molar-refractivity contribution in [2.45, 2.75) is 43.9 Å². The van der Waals surface area contributed by atoms with Crippen LogP contribution in [0.15, 0.2) is 90.3 Å². The monoisotopic (exact) mass is 584 g/mol. The van der Waals surface area contributed by atoms with Crippen LogP contribution in [-0.2, 0) is 20.7 Å². The van der Waals surface area contributed by atoms with E-state index >= 15 is 0 Å². The lowest BCUT2D eigenvalue weighted by Crippen LogP contribution is -2.52. The number of ether oxygens (including phenoxy) is 2.